The molecule has 0 saturated carbocycles. The van der Waals surface area contributed by atoms with Crippen LogP contribution in [0.15, 0.2) is 54.6 Å². The van der Waals surface area contributed by atoms with Gasteiger partial charge in [0, 0.05) is 24.4 Å². The summed E-state index contributed by atoms with van der Waals surface area (Å²) in [5.74, 6) is -0.208. The minimum absolute atomic E-state index is 0.0181. The number of benzene rings is 2. The smallest absolute Gasteiger partial charge is 0.276 e. The molecule has 2 aromatic rings. The number of carbonyl (C=O) groups excluding carboxylic acids is 1. The highest BCUT2D eigenvalue weighted by Crippen LogP contribution is 2.21. The van der Waals surface area contributed by atoms with Crippen molar-refractivity contribution in [3.63, 3.8) is 0 Å². The molecule has 23 heavy (non-hydrogen) atoms. The summed E-state index contributed by atoms with van der Waals surface area (Å²) in [6.45, 7) is 4.35. The van der Waals surface area contributed by atoms with Crippen LogP contribution in [0.5, 0.6) is 0 Å². The molecule has 0 aromatic heterocycles. The Hall–Kier alpha value is -2.95. The van der Waals surface area contributed by atoms with Crippen LogP contribution in [0.3, 0.4) is 0 Å². The Balaban J connectivity index is 2.27. The van der Waals surface area contributed by atoms with Gasteiger partial charge in [-0.2, -0.15) is 0 Å². The number of rotatable bonds is 5. The van der Waals surface area contributed by atoms with Crippen molar-refractivity contribution >= 4 is 23.4 Å². The topological polar surface area (TPSA) is 63.5 Å². The standard InChI is InChI=1S/C18H18N2O3/c1-3-19(16-10-6-4-8-14(16)2)18(21)13-12-15-9-5-7-11-17(15)20(22)23/h4-13H,3H2,1-2H3/b13-12+. The third-order valence-electron chi connectivity index (χ3n) is 3.53. The Bertz CT molecular complexity index is 753. The summed E-state index contributed by atoms with van der Waals surface area (Å²) < 4.78 is 0. The predicted octanol–water partition coefficient (Wildman–Crippen LogP) is 3.97. The summed E-state index contributed by atoms with van der Waals surface area (Å²) >= 11 is 0. The van der Waals surface area contributed by atoms with E-state index in [1.807, 2.05) is 38.1 Å². The van der Waals surface area contributed by atoms with Gasteiger partial charge in [0.2, 0.25) is 0 Å². The largest absolute Gasteiger partial charge is 0.309 e. The second-order valence-electron chi connectivity index (χ2n) is 5.02. The molecule has 0 spiro atoms. The lowest BCUT2D eigenvalue weighted by molar-refractivity contribution is -0.385. The van der Waals surface area contributed by atoms with E-state index >= 15 is 0 Å². The zero-order chi connectivity index (χ0) is 16.8. The Kier molecular flexibility index (Phi) is 5.25. The maximum atomic E-state index is 12.5. The van der Waals surface area contributed by atoms with E-state index in [2.05, 4.69) is 0 Å². The number of anilines is 1. The fourth-order valence-electron chi connectivity index (χ4n) is 2.36. The number of amides is 1. The zero-order valence-electron chi connectivity index (χ0n) is 13.1. The summed E-state index contributed by atoms with van der Waals surface area (Å²) in [7, 11) is 0. The van der Waals surface area contributed by atoms with Crippen LogP contribution in [-0.4, -0.2) is 17.4 Å². The van der Waals surface area contributed by atoms with E-state index in [0.717, 1.165) is 11.3 Å². The fourth-order valence-corrected chi connectivity index (χ4v) is 2.36. The van der Waals surface area contributed by atoms with Gasteiger partial charge in [0.25, 0.3) is 11.6 Å². The second-order valence-corrected chi connectivity index (χ2v) is 5.02. The number of likely N-dealkylation sites (N-methyl/N-ethyl adjacent to an activating group) is 1. The van der Waals surface area contributed by atoms with Gasteiger partial charge in [-0.15, -0.1) is 0 Å². The lowest BCUT2D eigenvalue weighted by Crippen LogP contribution is -2.29. The molecule has 118 valence electrons. The second kappa shape index (κ2) is 7.35. The van der Waals surface area contributed by atoms with Crippen LogP contribution in [0.2, 0.25) is 0 Å². The number of nitro groups is 1. The van der Waals surface area contributed by atoms with Crippen LogP contribution < -0.4 is 4.90 Å². The van der Waals surface area contributed by atoms with E-state index < -0.39 is 4.92 Å². The molecule has 2 rings (SSSR count). The Morgan fingerprint density at radius 3 is 2.48 bits per heavy atom. The molecule has 0 radical (unpaired) electrons. The predicted molar refractivity (Wildman–Crippen MR) is 91.3 cm³/mol. The molecule has 0 atom stereocenters. The molecule has 0 N–H and O–H groups in total. The number of para-hydroxylation sites is 2. The number of carbonyl (C=O) groups is 1. The third-order valence-corrected chi connectivity index (χ3v) is 3.53. The average molecular weight is 310 g/mol. The van der Waals surface area contributed by atoms with Gasteiger partial charge < -0.3 is 4.90 Å². The van der Waals surface area contributed by atoms with Crippen LogP contribution in [0.25, 0.3) is 6.08 Å². The first-order valence-electron chi connectivity index (χ1n) is 7.33. The molecular weight excluding hydrogens is 292 g/mol. The first-order valence-corrected chi connectivity index (χ1v) is 7.33. The molecule has 0 saturated heterocycles. The first-order chi connectivity index (χ1) is 11.0. The minimum atomic E-state index is -0.455. The van der Waals surface area contributed by atoms with Crippen molar-refractivity contribution in [2.24, 2.45) is 0 Å². The molecule has 5 nitrogen and oxygen atoms in total. The van der Waals surface area contributed by atoms with E-state index in [1.165, 1.54) is 18.2 Å². The SMILES string of the molecule is CCN(C(=O)/C=C/c1ccccc1[N+](=O)[O-])c1ccccc1C. The van der Waals surface area contributed by atoms with E-state index in [4.69, 9.17) is 0 Å². The molecule has 0 aliphatic rings. The van der Waals surface area contributed by atoms with Crippen molar-refractivity contribution < 1.29 is 9.72 Å². The molecule has 0 bridgehead atoms. The third kappa shape index (κ3) is 3.83. The highest BCUT2D eigenvalue weighted by Gasteiger charge is 2.14. The zero-order valence-corrected chi connectivity index (χ0v) is 13.1. The molecule has 0 fully saturated rings. The van der Waals surface area contributed by atoms with Crippen molar-refractivity contribution in [2.45, 2.75) is 13.8 Å². The van der Waals surface area contributed by atoms with Gasteiger partial charge in [-0.05, 0) is 37.6 Å². The van der Waals surface area contributed by atoms with Crippen molar-refractivity contribution in [1.29, 1.82) is 0 Å². The van der Waals surface area contributed by atoms with E-state index in [0.29, 0.717) is 12.1 Å². The summed E-state index contributed by atoms with van der Waals surface area (Å²) in [6, 6.07) is 14.0. The van der Waals surface area contributed by atoms with Crippen LogP contribution in [0, 0.1) is 17.0 Å². The highest BCUT2D eigenvalue weighted by molar-refractivity contribution is 6.04. The van der Waals surface area contributed by atoms with Crippen molar-refractivity contribution in [1.82, 2.24) is 0 Å². The molecule has 0 unspecified atom stereocenters. The summed E-state index contributed by atoms with van der Waals surface area (Å²) in [6.07, 6.45) is 2.86. The van der Waals surface area contributed by atoms with E-state index in [9.17, 15) is 14.9 Å². The average Bonchev–Trinajstić information content (AvgIpc) is 2.55. The lowest BCUT2D eigenvalue weighted by atomic mass is 10.1. The molecule has 0 heterocycles. The monoisotopic (exact) mass is 310 g/mol. The van der Waals surface area contributed by atoms with Crippen molar-refractivity contribution in [2.75, 3.05) is 11.4 Å². The Labute approximate surface area is 135 Å². The molecule has 1 amide bonds. The lowest BCUT2D eigenvalue weighted by Gasteiger charge is -2.21. The van der Waals surface area contributed by atoms with Gasteiger partial charge in [-0.3, -0.25) is 14.9 Å². The maximum Gasteiger partial charge on any atom is 0.276 e. The molecule has 0 aliphatic carbocycles. The molecule has 2 aromatic carbocycles. The number of aryl methyl sites for hydroxylation is 1. The summed E-state index contributed by atoms with van der Waals surface area (Å²) in [4.78, 5) is 24.6. The van der Waals surface area contributed by atoms with Gasteiger partial charge >= 0.3 is 0 Å². The fraction of sp³-hybridized carbons (Fsp3) is 0.167. The van der Waals surface area contributed by atoms with Gasteiger partial charge in [-0.25, -0.2) is 0 Å². The number of nitro benzene ring substituents is 1. The number of nitrogens with zero attached hydrogens (tertiary/aromatic N) is 2. The van der Waals surface area contributed by atoms with Gasteiger partial charge in [0.1, 0.15) is 0 Å². The van der Waals surface area contributed by atoms with E-state index in [-0.39, 0.29) is 11.6 Å². The minimum Gasteiger partial charge on any atom is -0.309 e. The molecule has 0 aliphatic heterocycles. The van der Waals surface area contributed by atoms with E-state index in [1.54, 1.807) is 23.1 Å². The van der Waals surface area contributed by atoms with Crippen LogP contribution in [-0.2, 0) is 4.79 Å². The van der Waals surface area contributed by atoms with Crippen LogP contribution >= 0.6 is 0 Å². The van der Waals surface area contributed by atoms with Crippen LogP contribution in [0.1, 0.15) is 18.1 Å². The first kappa shape index (κ1) is 16.4. The highest BCUT2D eigenvalue weighted by atomic mass is 16.6. The summed E-state index contributed by atoms with van der Waals surface area (Å²) in [5, 5.41) is 11.0. The number of hydrogen-bond acceptors (Lipinski definition) is 3. The Morgan fingerprint density at radius 2 is 1.83 bits per heavy atom. The molecular formula is C18H18N2O3. The van der Waals surface area contributed by atoms with Gasteiger partial charge in [-0.1, -0.05) is 30.3 Å². The molecule has 5 heteroatoms. The summed E-state index contributed by atoms with van der Waals surface area (Å²) in [5.41, 5.74) is 2.23. The normalized spacial score (nSPS) is 10.7. The van der Waals surface area contributed by atoms with Crippen molar-refractivity contribution in [3.8, 4) is 0 Å². The quantitative estimate of drug-likeness (QED) is 0.477. The van der Waals surface area contributed by atoms with Crippen molar-refractivity contribution in [3.05, 3.63) is 75.8 Å². The van der Waals surface area contributed by atoms with Gasteiger partial charge in [0.05, 0.1) is 10.5 Å². The maximum absolute atomic E-state index is 12.5. The Morgan fingerprint density at radius 1 is 1.17 bits per heavy atom. The number of hydrogen-bond donors (Lipinski definition) is 0. The van der Waals surface area contributed by atoms with Gasteiger partial charge in [0.15, 0.2) is 0 Å². The van der Waals surface area contributed by atoms with Crippen LogP contribution in [0.4, 0.5) is 11.4 Å².